The van der Waals surface area contributed by atoms with Gasteiger partial charge in [0.25, 0.3) is 0 Å². The van der Waals surface area contributed by atoms with Gasteiger partial charge in [-0.3, -0.25) is 0 Å². The van der Waals surface area contributed by atoms with Gasteiger partial charge in [0.05, 0.1) is 49.8 Å². The van der Waals surface area contributed by atoms with Gasteiger partial charge in [-0.25, -0.2) is 0 Å². The van der Waals surface area contributed by atoms with Crippen LogP contribution in [0.3, 0.4) is 0 Å². The van der Waals surface area contributed by atoms with Crippen LogP contribution in [0.2, 0.25) is 0 Å². The molecule has 0 radical (unpaired) electrons. The maximum atomic E-state index is 12.8. The first-order valence-corrected chi connectivity index (χ1v) is 19.5. The van der Waals surface area contributed by atoms with Crippen LogP contribution in [0, 0.1) is 40.4 Å². The van der Waals surface area contributed by atoms with Gasteiger partial charge in [-0.1, -0.05) is 45.9 Å². The summed E-state index contributed by atoms with van der Waals surface area (Å²) >= 11 is 0. The number of rotatable bonds is 11. The summed E-state index contributed by atoms with van der Waals surface area (Å²) in [5.74, 6) is -1.38. The predicted octanol–water partition coefficient (Wildman–Crippen LogP) is 0.135. The normalized spacial score (nSPS) is 51.1. The Morgan fingerprint density at radius 3 is 2.23 bits per heavy atom. The first-order valence-electron chi connectivity index (χ1n) is 19.5. The molecule has 2 aliphatic heterocycles. The highest BCUT2D eigenvalue weighted by Gasteiger charge is 2.72. The summed E-state index contributed by atoms with van der Waals surface area (Å²) in [6, 6.07) is 0. The Kier molecular flexibility index (Phi) is 12.3. The average Bonchev–Trinajstić information content (AvgIpc) is 3.32. The fraction of sp³-hybridized carbons (Fsp3) is 0.897. The predicted molar refractivity (Wildman–Crippen MR) is 189 cm³/mol. The van der Waals surface area contributed by atoms with Gasteiger partial charge < -0.3 is 69.6 Å². The monoisotopic (exact) mass is 756 g/mol. The van der Waals surface area contributed by atoms with Crippen molar-refractivity contribution in [1.29, 1.82) is 0 Å². The van der Waals surface area contributed by atoms with E-state index in [-0.39, 0.29) is 49.9 Å². The Morgan fingerprint density at radius 1 is 0.887 bits per heavy atom. The number of methoxy groups -OCH3 is 1. The first kappa shape index (κ1) is 41.6. The van der Waals surface area contributed by atoms with Crippen molar-refractivity contribution >= 4 is 0 Å². The van der Waals surface area contributed by atoms with Crippen LogP contribution in [0.15, 0.2) is 23.8 Å². The van der Waals surface area contributed by atoms with E-state index in [4.69, 9.17) is 23.7 Å². The molecular weight excluding hydrogens is 692 g/mol. The molecule has 14 nitrogen and oxygen atoms in total. The molecule has 304 valence electrons. The zero-order valence-corrected chi connectivity index (χ0v) is 31.7. The molecule has 6 aliphatic rings. The summed E-state index contributed by atoms with van der Waals surface area (Å²) < 4.78 is 28.4. The second-order valence-corrected chi connectivity index (χ2v) is 17.7. The van der Waals surface area contributed by atoms with E-state index in [0.29, 0.717) is 38.5 Å². The Morgan fingerprint density at radius 2 is 1.55 bits per heavy atom. The largest absolute Gasteiger partial charge is 0.390 e. The number of hydrogen-bond acceptors (Lipinski definition) is 14. The van der Waals surface area contributed by atoms with Gasteiger partial charge >= 0.3 is 0 Å². The Bertz CT molecular complexity index is 1330. The quantitative estimate of drug-likeness (QED) is 0.128. The third-order valence-electron chi connectivity index (χ3n) is 14.5. The lowest BCUT2D eigenvalue weighted by atomic mass is 9.43. The Balaban J connectivity index is 1.11. The van der Waals surface area contributed by atoms with Gasteiger partial charge in [-0.05, 0) is 72.7 Å². The summed E-state index contributed by atoms with van der Waals surface area (Å²) in [5.41, 5.74) is -0.928. The summed E-state index contributed by atoms with van der Waals surface area (Å²) in [6.45, 7) is 12.4. The van der Waals surface area contributed by atoms with Crippen molar-refractivity contribution in [3.63, 3.8) is 0 Å². The molecule has 6 rings (SSSR count). The number of aliphatic hydroxyl groups excluding tert-OH is 8. The Hall–Kier alpha value is -1.08. The van der Waals surface area contributed by atoms with Crippen LogP contribution < -0.4 is 0 Å². The van der Waals surface area contributed by atoms with Crippen molar-refractivity contribution in [2.75, 3.05) is 26.9 Å². The summed E-state index contributed by atoms with van der Waals surface area (Å²) in [7, 11) is 1.42. The molecule has 6 unspecified atom stereocenters. The second-order valence-electron chi connectivity index (χ2n) is 17.7. The van der Waals surface area contributed by atoms with E-state index in [0.717, 1.165) is 11.1 Å². The van der Waals surface area contributed by atoms with Gasteiger partial charge in [0.2, 0.25) is 0 Å². The van der Waals surface area contributed by atoms with E-state index in [2.05, 4.69) is 27.4 Å². The van der Waals surface area contributed by atoms with Crippen LogP contribution in [0.5, 0.6) is 0 Å². The van der Waals surface area contributed by atoms with Crippen molar-refractivity contribution in [3.05, 3.63) is 23.8 Å². The van der Waals surface area contributed by atoms with Crippen LogP contribution in [-0.4, -0.2) is 152 Å². The zero-order chi connectivity index (χ0) is 38.8. The number of ether oxygens (including phenoxy) is 5. The highest BCUT2D eigenvalue weighted by atomic mass is 16.7. The average molecular weight is 757 g/mol. The molecule has 2 saturated heterocycles. The van der Waals surface area contributed by atoms with E-state index in [1.807, 2.05) is 13.0 Å². The smallest absolute Gasteiger partial charge is 0.187 e. The maximum absolute atomic E-state index is 12.8. The van der Waals surface area contributed by atoms with E-state index in [1.165, 1.54) is 7.11 Å². The first-order chi connectivity index (χ1) is 24.9. The minimum absolute atomic E-state index is 0.0200. The maximum Gasteiger partial charge on any atom is 0.187 e. The zero-order valence-electron chi connectivity index (χ0n) is 31.7. The Labute approximate surface area is 312 Å². The molecule has 5 fully saturated rings. The molecule has 3 saturated carbocycles. The van der Waals surface area contributed by atoms with Gasteiger partial charge in [-0.2, -0.15) is 0 Å². The van der Waals surface area contributed by atoms with Crippen LogP contribution in [0.25, 0.3) is 0 Å². The highest BCUT2D eigenvalue weighted by molar-refractivity contribution is 5.33. The van der Waals surface area contributed by atoms with Crippen molar-refractivity contribution < 1.29 is 69.6 Å². The summed E-state index contributed by atoms with van der Waals surface area (Å²) in [4.78, 5) is 0. The van der Waals surface area contributed by atoms with Crippen LogP contribution >= 0.6 is 0 Å². The van der Waals surface area contributed by atoms with Gasteiger partial charge in [0, 0.05) is 25.4 Å². The lowest BCUT2D eigenvalue weighted by Gasteiger charge is -2.64. The van der Waals surface area contributed by atoms with Crippen molar-refractivity contribution in [3.8, 4) is 0 Å². The molecule has 0 aromatic carbocycles. The number of hydrogen-bond donors (Lipinski definition) is 9. The fourth-order valence-electron chi connectivity index (χ4n) is 11.5. The molecule has 20 atom stereocenters. The van der Waals surface area contributed by atoms with E-state index < -0.39 is 96.0 Å². The minimum Gasteiger partial charge on any atom is -0.390 e. The van der Waals surface area contributed by atoms with E-state index in [1.54, 1.807) is 0 Å². The molecule has 0 amide bonds. The van der Waals surface area contributed by atoms with Crippen LogP contribution in [0.1, 0.15) is 72.6 Å². The number of fused-ring (bicyclic) bond motifs is 5. The second kappa shape index (κ2) is 15.7. The van der Waals surface area contributed by atoms with Crippen LogP contribution in [0.4, 0.5) is 0 Å². The summed E-state index contributed by atoms with van der Waals surface area (Å²) in [6.07, 6.45) is -6.95. The topological polar surface area (TPSA) is 228 Å². The fourth-order valence-corrected chi connectivity index (χ4v) is 11.5. The molecule has 0 bridgehead atoms. The van der Waals surface area contributed by atoms with Crippen molar-refractivity contribution in [1.82, 2.24) is 0 Å². The molecule has 9 N–H and O–H groups in total. The van der Waals surface area contributed by atoms with E-state index in [9.17, 15) is 46.0 Å². The number of aliphatic hydroxyl groups is 9. The van der Waals surface area contributed by atoms with Crippen molar-refractivity contribution in [2.45, 2.75) is 152 Å². The minimum atomic E-state index is -1.43. The molecule has 4 aliphatic carbocycles. The van der Waals surface area contributed by atoms with E-state index >= 15 is 0 Å². The molecule has 14 heteroatoms. The van der Waals surface area contributed by atoms with Crippen LogP contribution in [-0.2, 0) is 23.7 Å². The van der Waals surface area contributed by atoms with Gasteiger partial charge in [-0.15, -0.1) is 0 Å². The standard InChI is InChI=1S/C39H64O14/c1-18(20(3)15-50-35-32(47)28(43)24(41)16-51-35)7-8-19(2)27-30(45)31(46)34-38(27,5)12-10-26-37(4)11-9-21(13-22(37)23(40)14-39(26,34)48)53-36-33(49-6)29(44)25(42)17-52-36/h13,19-21,23-36,40-48H,1,7-12,14-17H2,2-6H3/t19-,20-,21+,23-,24?,25-,26?,27+,28+,29?,30-,31+,32?,33?,34?,35-,36+,37+,38-,39+/m1/s1. The molecule has 2 heterocycles. The van der Waals surface area contributed by atoms with Crippen molar-refractivity contribution in [2.24, 2.45) is 40.4 Å². The lowest BCUT2D eigenvalue weighted by Crippen LogP contribution is -2.66. The molecule has 0 spiro atoms. The third kappa shape index (κ3) is 7.22. The van der Waals surface area contributed by atoms with Gasteiger partial charge in [0.15, 0.2) is 12.6 Å². The SMILES string of the molecule is C=C(CC[C@@H](C)[C@H]1[C@@H](O)[C@H](O)C2[C@]3(O)C[C@@H](O)C4=C[C@@H](O[C@@H]5OC[C@@H](O)C(O)C5OC)CC[C@]4(C)C3CC[C@@]21C)[C@H](C)CO[C@@H]1OCC(O)[C@H](O)C1O. The highest BCUT2D eigenvalue weighted by Crippen LogP contribution is 2.69. The molecular formula is C39H64O14. The lowest BCUT2D eigenvalue weighted by molar-refractivity contribution is -0.285. The third-order valence-corrected chi connectivity index (χ3v) is 14.5. The molecule has 0 aromatic rings. The summed E-state index contributed by atoms with van der Waals surface area (Å²) in [5, 5.41) is 98.3. The molecule has 0 aromatic heterocycles. The van der Waals surface area contributed by atoms with Gasteiger partial charge in [0.1, 0.15) is 36.6 Å². The molecule has 53 heavy (non-hydrogen) atoms.